The monoisotopic (exact) mass is 353 g/mol. The number of amides is 1. The molecular weight excluding hydrogens is 341 g/mol. The van der Waals surface area contributed by atoms with Gasteiger partial charge in [-0.15, -0.1) is 0 Å². The molecule has 0 saturated carbocycles. The Labute approximate surface area is 135 Å². The van der Waals surface area contributed by atoms with Crippen molar-refractivity contribution in [2.45, 2.75) is 0 Å². The number of phenolic OH excluding ortho intramolecular Hbond substituents is 1. The number of nitrogens with zero attached hydrogens (tertiary/aromatic N) is 2. The number of anilines is 1. The summed E-state index contributed by atoms with van der Waals surface area (Å²) >= 11 is 0. The van der Waals surface area contributed by atoms with Crippen molar-refractivity contribution in [3.8, 4) is 16.9 Å². The first-order valence-corrected chi connectivity index (χ1v) is 8.16. The van der Waals surface area contributed by atoms with Crippen LogP contribution in [0.25, 0.3) is 11.1 Å². The topological polar surface area (TPSA) is 109 Å². The van der Waals surface area contributed by atoms with Gasteiger partial charge in [0.25, 0.3) is 5.91 Å². The van der Waals surface area contributed by atoms with Crippen LogP contribution in [-0.4, -0.2) is 30.5 Å². The van der Waals surface area contributed by atoms with E-state index in [4.69, 9.17) is 0 Å². The third-order valence-corrected chi connectivity index (χ3v) is 4.94. The quantitative estimate of drug-likeness (QED) is 0.795. The molecule has 0 bridgehead atoms. The normalized spacial score (nSPS) is 16.2. The fraction of sp³-hybridized carbons (Fsp3) is 0.143. The number of aromatic hydroxyl groups is 1. The minimum Gasteiger partial charge on any atom is -0.506 e. The molecule has 1 aliphatic heterocycles. The van der Waals surface area contributed by atoms with Crippen molar-refractivity contribution in [3.63, 3.8) is 0 Å². The van der Waals surface area contributed by atoms with Gasteiger partial charge in [-0.25, -0.2) is 13.4 Å². The number of rotatable bonds is 2. The molecule has 2 N–H and O–H groups in total. The summed E-state index contributed by atoms with van der Waals surface area (Å²) in [6.45, 7) is -0.635. The third kappa shape index (κ3) is 2.50. The van der Waals surface area contributed by atoms with E-state index < -0.39 is 39.9 Å². The number of carbonyl (C=O) groups is 1. The molecular formula is C14H12FN3O5S. The number of hydrogen-bond acceptors (Lipinski definition) is 5. The second-order valence-electron chi connectivity index (χ2n) is 5.20. The maximum absolute atomic E-state index is 14.9. The van der Waals surface area contributed by atoms with E-state index in [2.05, 4.69) is 0 Å². The van der Waals surface area contributed by atoms with E-state index in [0.29, 0.717) is 9.87 Å². The lowest BCUT2D eigenvalue weighted by Gasteiger charge is -2.18. The fourth-order valence-electron chi connectivity index (χ4n) is 2.41. The maximum atomic E-state index is 14.9. The van der Waals surface area contributed by atoms with Crippen LogP contribution in [0.5, 0.6) is 5.75 Å². The second kappa shape index (κ2) is 5.34. The minimum absolute atomic E-state index is 0.0204. The molecule has 1 aromatic heterocycles. The van der Waals surface area contributed by atoms with Gasteiger partial charge in [0, 0.05) is 30.4 Å². The number of pyridine rings is 1. The number of phenols is 1. The Morgan fingerprint density at radius 3 is 2.50 bits per heavy atom. The van der Waals surface area contributed by atoms with Crippen molar-refractivity contribution in [3.05, 3.63) is 46.6 Å². The molecule has 10 heteroatoms. The summed E-state index contributed by atoms with van der Waals surface area (Å²) in [6.07, 6.45) is 1.38. The first kappa shape index (κ1) is 16.0. The standard InChI is InChI=1S/C14H12FN3O5S/c1-17-6-8(2-5-12(17)21)9-3-4-10(19)14(13(9)15)18-7-11(20)16-24(18,22)23/h2-6,19H,7H2,1H3,(H,16,20). The zero-order valence-electron chi connectivity index (χ0n) is 12.4. The highest BCUT2D eigenvalue weighted by Crippen LogP contribution is 2.38. The highest BCUT2D eigenvalue weighted by atomic mass is 32.2. The predicted octanol–water partition coefficient (Wildman–Crippen LogP) is 0.0780. The zero-order chi connectivity index (χ0) is 17.6. The van der Waals surface area contributed by atoms with Crippen LogP contribution in [0.2, 0.25) is 0 Å². The van der Waals surface area contributed by atoms with E-state index in [1.165, 1.54) is 36.0 Å². The molecule has 24 heavy (non-hydrogen) atoms. The van der Waals surface area contributed by atoms with Crippen molar-refractivity contribution in [1.82, 2.24) is 9.29 Å². The predicted molar refractivity (Wildman–Crippen MR) is 83.2 cm³/mol. The van der Waals surface area contributed by atoms with Crippen molar-refractivity contribution in [2.24, 2.45) is 7.05 Å². The van der Waals surface area contributed by atoms with E-state index in [0.717, 1.165) is 6.07 Å². The van der Waals surface area contributed by atoms with Gasteiger partial charge in [-0.05, 0) is 18.2 Å². The lowest BCUT2D eigenvalue weighted by Crippen LogP contribution is -2.30. The van der Waals surface area contributed by atoms with E-state index in [1.54, 1.807) is 4.72 Å². The van der Waals surface area contributed by atoms with Crippen LogP contribution in [0.3, 0.4) is 0 Å². The Morgan fingerprint density at radius 1 is 1.21 bits per heavy atom. The molecule has 8 nitrogen and oxygen atoms in total. The van der Waals surface area contributed by atoms with Gasteiger partial charge in [-0.3, -0.25) is 9.59 Å². The second-order valence-corrected chi connectivity index (χ2v) is 6.79. The van der Waals surface area contributed by atoms with E-state index in [-0.39, 0.29) is 11.1 Å². The highest BCUT2D eigenvalue weighted by Gasteiger charge is 2.37. The minimum atomic E-state index is -4.27. The Hall–Kier alpha value is -2.88. The van der Waals surface area contributed by atoms with E-state index >= 15 is 0 Å². The van der Waals surface area contributed by atoms with Crippen molar-refractivity contribution in [2.75, 3.05) is 10.8 Å². The van der Waals surface area contributed by atoms with Crippen molar-refractivity contribution in [1.29, 1.82) is 0 Å². The van der Waals surface area contributed by atoms with Crippen LogP contribution < -0.4 is 14.6 Å². The number of hydrogen-bond donors (Lipinski definition) is 2. The molecule has 1 aliphatic rings. The summed E-state index contributed by atoms with van der Waals surface area (Å²) in [5, 5.41) is 9.90. The van der Waals surface area contributed by atoms with Gasteiger partial charge in [0.2, 0.25) is 5.56 Å². The highest BCUT2D eigenvalue weighted by molar-refractivity contribution is 7.92. The number of aryl methyl sites for hydroxylation is 1. The smallest absolute Gasteiger partial charge is 0.326 e. The van der Waals surface area contributed by atoms with Crippen molar-refractivity contribution < 1.29 is 22.7 Å². The Bertz CT molecular complexity index is 1020. The summed E-state index contributed by atoms with van der Waals surface area (Å²) in [4.78, 5) is 22.8. The molecule has 2 aromatic rings. The summed E-state index contributed by atoms with van der Waals surface area (Å²) in [6, 6.07) is 4.99. The molecule has 3 rings (SSSR count). The Balaban J connectivity index is 2.21. The van der Waals surface area contributed by atoms with Gasteiger partial charge in [-0.2, -0.15) is 8.42 Å². The van der Waals surface area contributed by atoms with Gasteiger partial charge >= 0.3 is 10.2 Å². The lowest BCUT2D eigenvalue weighted by molar-refractivity contribution is -0.117. The zero-order valence-corrected chi connectivity index (χ0v) is 13.2. The third-order valence-electron chi connectivity index (χ3n) is 3.56. The van der Waals surface area contributed by atoms with Crippen LogP contribution in [0.1, 0.15) is 0 Å². The van der Waals surface area contributed by atoms with Crippen LogP contribution in [0.15, 0.2) is 35.3 Å². The molecule has 0 spiro atoms. The van der Waals surface area contributed by atoms with Crippen molar-refractivity contribution >= 4 is 21.8 Å². The van der Waals surface area contributed by atoms with Gasteiger partial charge in [0.05, 0.1) is 0 Å². The van der Waals surface area contributed by atoms with Gasteiger partial charge in [0.1, 0.15) is 18.0 Å². The average Bonchev–Trinajstić information content (AvgIpc) is 2.75. The molecule has 126 valence electrons. The largest absolute Gasteiger partial charge is 0.506 e. The average molecular weight is 353 g/mol. The SMILES string of the molecule is Cn1cc(-c2ccc(O)c(N3CC(=O)NS3(=O)=O)c2F)ccc1=O. The fourth-order valence-corrected chi connectivity index (χ4v) is 3.58. The van der Waals surface area contributed by atoms with Gasteiger partial charge < -0.3 is 9.67 Å². The molecule has 1 aromatic carbocycles. The molecule has 0 atom stereocenters. The number of aromatic nitrogens is 1. The molecule has 0 unspecified atom stereocenters. The summed E-state index contributed by atoms with van der Waals surface area (Å²) < 4.78 is 42.1. The Morgan fingerprint density at radius 2 is 1.92 bits per heavy atom. The Kier molecular flexibility index (Phi) is 3.56. The van der Waals surface area contributed by atoms with E-state index in [1.807, 2.05) is 0 Å². The molecule has 2 heterocycles. The molecule has 0 aliphatic carbocycles. The molecule has 1 fully saturated rings. The number of benzene rings is 1. The van der Waals surface area contributed by atoms with Gasteiger partial charge in [0.15, 0.2) is 5.82 Å². The number of nitrogens with one attached hydrogen (secondary N) is 1. The van der Waals surface area contributed by atoms with Crippen LogP contribution in [0.4, 0.5) is 10.1 Å². The molecule has 1 saturated heterocycles. The molecule has 1 amide bonds. The van der Waals surface area contributed by atoms with Gasteiger partial charge in [-0.1, -0.05) is 0 Å². The summed E-state index contributed by atoms with van der Waals surface area (Å²) in [7, 11) is -2.78. The van der Waals surface area contributed by atoms with E-state index in [9.17, 15) is 27.5 Å². The van der Waals surface area contributed by atoms with Crippen LogP contribution in [-0.2, 0) is 22.1 Å². The van der Waals surface area contributed by atoms with Crippen LogP contribution in [0, 0.1) is 5.82 Å². The first-order valence-electron chi connectivity index (χ1n) is 6.72. The lowest BCUT2D eigenvalue weighted by atomic mass is 10.1. The number of carbonyl (C=O) groups excluding carboxylic acids is 1. The first-order chi connectivity index (χ1) is 11.2. The maximum Gasteiger partial charge on any atom is 0.326 e. The summed E-state index contributed by atoms with van der Waals surface area (Å²) in [5.41, 5.74) is -0.630. The molecule has 0 radical (unpaired) electrons. The number of halogens is 1. The van der Waals surface area contributed by atoms with Crippen LogP contribution >= 0.6 is 0 Å². The summed E-state index contributed by atoms with van der Waals surface area (Å²) in [5.74, 6) is -2.48.